The van der Waals surface area contributed by atoms with Crippen molar-refractivity contribution in [2.75, 3.05) is 5.32 Å². The van der Waals surface area contributed by atoms with Crippen molar-refractivity contribution in [2.24, 2.45) is 0 Å². The molecule has 0 aromatic heterocycles. The van der Waals surface area contributed by atoms with Crippen molar-refractivity contribution >= 4 is 34.4 Å². The highest BCUT2D eigenvalue weighted by molar-refractivity contribution is 7.81. The van der Waals surface area contributed by atoms with Gasteiger partial charge in [0.2, 0.25) is 0 Å². The standard InChI is InChI=1S/C15H12ClNS/c16-13-8-6-12(7-9-13)15(18)10-11-17-14-4-2-1-3-5-14/h1-11,17H/b11-10-. The van der Waals surface area contributed by atoms with E-state index in [4.69, 9.17) is 23.8 Å². The van der Waals surface area contributed by atoms with Crippen LogP contribution in [0.2, 0.25) is 5.02 Å². The number of halogens is 1. The number of thiocarbonyl (C=S) groups is 1. The Morgan fingerprint density at radius 3 is 2.33 bits per heavy atom. The van der Waals surface area contributed by atoms with Crippen LogP contribution < -0.4 is 5.32 Å². The number of allylic oxidation sites excluding steroid dienone is 1. The molecule has 0 amide bonds. The number of anilines is 1. The van der Waals surface area contributed by atoms with E-state index in [9.17, 15) is 0 Å². The third-order valence-electron chi connectivity index (χ3n) is 2.39. The smallest absolute Gasteiger partial charge is 0.0463 e. The second-order valence-corrected chi connectivity index (χ2v) is 4.59. The van der Waals surface area contributed by atoms with E-state index in [2.05, 4.69) is 5.32 Å². The molecule has 0 aliphatic heterocycles. The molecule has 0 fully saturated rings. The Morgan fingerprint density at radius 1 is 1.00 bits per heavy atom. The highest BCUT2D eigenvalue weighted by Gasteiger charge is 1.96. The molecule has 0 unspecified atom stereocenters. The third kappa shape index (κ3) is 3.69. The Hall–Kier alpha value is -1.64. The molecule has 90 valence electrons. The molecule has 2 aromatic rings. The lowest BCUT2D eigenvalue weighted by Gasteiger charge is -2.01. The van der Waals surface area contributed by atoms with Crippen LogP contribution in [0, 0.1) is 0 Å². The molecule has 0 saturated heterocycles. The normalized spacial score (nSPS) is 10.5. The molecule has 18 heavy (non-hydrogen) atoms. The van der Waals surface area contributed by atoms with Gasteiger partial charge in [0.15, 0.2) is 0 Å². The SMILES string of the molecule is S=C(/C=C\Nc1ccccc1)c1ccc(Cl)cc1. The predicted octanol–water partition coefficient (Wildman–Crippen LogP) is 4.68. The van der Waals surface area contributed by atoms with Gasteiger partial charge < -0.3 is 5.32 Å². The van der Waals surface area contributed by atoms with Crippen LogP contribution in [0.15, 0.2) is 66.9 Å². The second-order valence-electron chi connectivity index (χ2n) is 3.71. The highest BCUT2D eigenvalue weighted by Crippen LogP contribution is 2.11. The van der Waals surface area contributed by atoms with Gasteiger partial charge in [0.1, 0.15) is 0 Å². The minimum absolute atomic E-state index is 0.716. The van der Waals surface area contributed by atoms with Crippen LogP contribution in [0.5, 0.6) is 0 Å². The fourth-order valence-corrected chi connectivity index (χ4v) is 1.79. The Bertz CT molecular complexity index is 546. The molecule has 0 heterocycles. The van der Waals surface area contributed by atoms with E-state index < -0.39 is 0 Å². The van der Waals surface area contributed by atoms with Gasteiger partial charge in [-0.15, -0.1) is 0 Å². The van der Waals surface area contributed by atoms with E-state index in [1.165, 1.54) is 0 Å². The quantitative estimate of drug-likeness (QED) is 0.493. The molecule has 1 nitrogen and oxygen atoms in total. The van der Waals surface area contributed by atoms with E-state index >= 15 is 0 Å². The van der Waals surface area contributed by atoms with Gasteiger partial charge in [0, 0.05) is 21.8 Å². The molecule has 0 radical (unpaired) electrons. The Labute approximate surface area is 117 Å². The molecule has 2 aromatic carbocycles. The van der Waals surface area contributed by atoms with Gasteiger partial charge in [-0.1, -0.05) is 54.2 Å². The van der Waals surface area contributed by atoms with Gasteiger partial charge in [-0.2, -0.15) is 0 Å². The number of hydrogen-bond acceptors (Lipinski definition) is 2. The molecule has 0 atom stereocenters. The van der Waals surface area contributed by atoms with E-state index in [1.807, 2.05) is 66.9 Å². The van der Waals surface area contributed by atoms with Gasteiger partial charge in [0.05, 0.1) is 0 Å². The number of benzene rings is 2. The first-order valence-electron chi connectivity index (χ1n) is 5.54. The summed E-state index contributed by atoms with van der Waals surface area (Å²) in [6.45, 7) is 0. The zero-order valence-corrected chi connectivity index (χ0v) is 11.2. The maximum absolute atomic E-state index is 5.83. The minimum atomic E-state index is 0.716. The maximum Gasteiger partial charge on any atom is 0.0463 e. The first-order chi connectivity index (χ1) is 8.75. The fraction of sp³-hybridized carbons (Fsp3) is 0. The lowest BCUT2D eigenvalue weighted by Crippen LogP contribution is -1.94. The van der Waals surface area contributed by atoms with Crippen molar-refractivity contribution in [1.82, 2.24) is 0 Å². The predicted molar refractivity (Wildman–Crippen MR) is 82.4 cm³/mol. The fourth-order valence-electron chi connectivity index (χ4n) is 1.46. The van der Waals surface area contributed by atoms with Crippen molar-refractivity contribution in [1.29, 1.82) is 0 Å². The molecule has 0 spiro atoms. The second kappa shape index (κ2) is 6.34. The summed E-state index contributed by atoms with van der Waals surface area (Å²) in [6.07, 6.45) is 3.71. The number of nitrogens with one attached hydrogen (secondary N) is 1. The summed E-state index contributed by atoms with van der Waals surface area (Å²) >= 11 is 11.1. The van der Waals surface area contributed by atoms with Crippen molar-refractivity contribution in [3.05, 3.63) is 77.5 Å². The Balaban J connectivity index is 1.97. The van der Waals surface area contributed by atoms with Crippen LogP contribution in [0.1, 0.15) is 5.56 Å². The van der Waals surface area contributed by atoms with Crippen molar-refractivity contribution < 1.29 is 0 Å². The highest BCUT2D eigenvalue weighted by atomic mass is 35.5. The van der Waals surface area contributed by atoms with E-state index in [1.54, 1.807) is 0 Å². The van der Waals surface area contributed by atoms with Crippen LogP contribution in [0.4, 0.5) is 5.69 Å². The van der Waals surface area contributed by atoms with Gasteiger partial charge in [-0.3, -0.25) is 0 Å². The van der Waals surface area contributed by atoms with Crippen molar-refractivity contribution in [3.63, 3.8) is 0 Å². The minimum Gasteiger partial charge on any atom is -0.362 e. The number of rotatable bonds is 4. The first-order valence-corrected chi connectivity index (χ1v) is 6.32. The summed E-state index contributed by atoms with van der Waals surface area (Å²) in [5.74, 6) is 0. The van der Waals surface area contributed by atoms with Gasteiger partial charge in [0.25, 0.3) is 0 Å². The zero-order chi connectivity index (χ0) is 12.8. The third-order valence-corrected chi connectivity index (χ3v) is 3.01. The van der Waals surface area contributed by atoms with E-state index in [-0.39, 0.29) is 0 Å². The summed E-state index contributed by atoms with van der Waals surface area (Å²) in [6, 6.07) is 17.4. The topological polar surface area (TPSA) is 12.0 Å². The molecular weight excluding hydrogens is 262 g/mol. The molecule has 1 N–H and O–H groups in total. The zero-order valence-electron chi connectivity index (χ0n) is 9.64. The van der Waals surface area contributed by atoms with Crippen molar-refractivity contribution in [3.8, 4) is 0 Å². The van der Waals surface area contributed by atoms with Crippen molar-refractivity contribution in [2.45, 2.75) is 0 Å². The van der Waals surface area contributed by atoms with E-state index in [0.29, 0.717) is 5.02 Å². The van der Waals surface area contributed by atoms with E-state index in [0.717, 1.165) is 16.1 Å². The van der Waals surface area contributed by atoms with Gasteiger partial charge in [-0.25, -0.2) is 0 Å². The maximum atomic E-state index is 5.83. The summed E-state index contributed by atoms with van der Waals surface area (Å²) < 4.78 is 0. The Kier molecular flexibility index (Phi) is 4.51. The molecule has 0 aliphatic carbocycles. The average Bonchev–Trinajstić information content (AvgIpc) is 2.40. The number of para-hydroxylation sites is 1. The van der Waals surface area contributed by atoms with Crippen LogP contribution in [0.25, 0.3) is 0 Å². The van der Waals surface area contributed by atoms with Crippen LogP contribution in [-0.2, 0) is 0 Å². The molecular formula is C15H12ClNS. The lowest BCUT2D eigenvalue weighted by molar-refractivity contribution is 1.58. The average molecular weight is 274 g/mol. The van der Waals surface area contributed by atoms with Crippen LogP contribution >= 0.6 is 23.8 Å². The van der Waals surface area contributed by atoms with Crippen LogP contribution in [0.3, 0.4) is 0 Å². The van der Waals surface area contributed by atoms with Crippen LogP contribution in [-0.4, -0.2) is 4.86 Å². The summed E-state index contributed by atoms with van der Waals surface area (Å²) in [5, 5.41) is 3.88. The monoisotopic (exact) mass is 273 g/mol. The molecule has 3 heteroatoms. The van der Waals surface area contributed by atoms with Gasteiger partial charge >= 0.3 is 0 Å². The summed E-state index contributed by atoms with van der Waals surface area (Å²) in [7, 11) is 0. The summed E-state index contributed by atoms with van der Waals surface area (Å²) in [4.78, 5) is 0.773. The Morgan fingerprint density at radius 2 is 1.67 bits per heavy atom. The molecule has 0 saturated carbocycles. The molecule has 0 bridgehead atoms. The largest absolute Gasteiger partial charge is 0.362 e. The summed E-state index contributed by atoms with van der Waals surface area (Å²) in [5.41, 5.74) is 2.02. The first kappa shape index (κ1) is 12.8. The molecule has 2 rings (SSSR count). The lowest BCUT2D eigenvalue weighted by atomic mass is 10.1. The number of hydrogen-bond donors (Lipinski definition) is 1. The van der Waals surface area contributed by atoms with Gasteiger partial charge in [-0.05, 0) is 35.9 Å². The molecule has 0 aliphatic rings.